The molecular formula is C25H29NO3. The molecule has 3 aromatic rings. The first-order valence-corrected chi connectivity index (χ1v) is 9.96. The van der Waals surface area contributed by atoms with Gasteiger partial charge >= 0.3 is 0 Å². The zero-order valence-electron chi connectivity index (χ0n) is 17.1. The Balaban J connectivity index is 1.56. The maximum atomic E-state index is 9.60. The average Bonchev–Trinajstić information content (AvgIpc) is 2.77. The molecule has 3 rings (SSSR count). The van der Waals surface area contributed by atoms with Crippen LogP contribution in [0.2, 0.25) is 0 Å². The molecule has 0 amide bonds. The van der Waals surface area contributed by atoms with Crippen LogP contribution in [0.3, 0.4) is 0 Å². The number of phenols is 1. The summed E-state index contributed by atoms with van der Waals surface area (Å²) in [6.45, 7) is 1.81. The van der Waals surface area contributed by atoms with Crippen molar-refractivity contribution in [3.8, 4) is 17.2 Å². The summed E-state index contributed by atoms with van der Waals surface area (Å²) in [5.41, 5.74) is 3.73. The van der Waals surface area contributed by atoms with Gasteiger partial charge < -0.3 is 19.9 Å². The Bertz CT molecular complexity index is 878. The Labute approximate surface area is 173 Å². The van der Waals surface area contributed by atoms with E-state index < -0.39 is 0 Å². The van der Waals surface area contributed by atoms with Gasteiger partial charge in [0.1, 0.15) is 5.75 Å². The largest absolute Gasteiger partial charge is 0.508 e. The van der Waals surface area contributed by atoms with Crippen LogP contribution in [0, 0.1) is 0 Å². The highest BCUT2D eigenvalue weighted by atomic mass is 16.5. The second-order valence-electron chi connectivity index (χ2n) is 7.03. The Morgan fingerprint density at radius 1 is 0.793 bits per heavy atom. The van der Waals surface area contributed by atoms with Gasteiger partial charge in [0.05, 0.1) is 14.2 Å². The summed E-state index contributed by atoms with van der Waals surface area (Å²) in [6, 6.07) is 24.1. The molecule has 4 nitrogen and oxygen atoms in total. The highest BCUT2D eigenvalue weighted by Crippen LogP contribution is 2.29. The summed E-state index contributed by atoms with van der Waals surface area (Å²) in [7, 11) is 3.31. The Morgan fingerprint density at radius 2 is 1.48 bits per heavy atom. The van der Waals surface area contributed by atoms with Crippen LogP contribution < -0.4 is 14.8 Å². The van der Waals surface area contributed by atoms with Gasteiger partial charge in [-0.15, -0.1) is 0 Å². The monoisotopic (exact) mass is 391 g/mol. The molecule has 0 fully saturated rings. The third-order valence-corrected chi connectivity index (χ3v) is 5.15. The molecule has 2 N–H and O–H groups in total. The smallest absolute Gasteiger partial charge is 0.160 e. The molecular weight excluding hydrogens is 362 g/mol. The van der Waals surface area contributed by atoms with Gasteiger partial charge in [-0.25, -0.2) is 0 Å². The standard InChI is InChI=1S/C25H29NO3/c1-28-24-13-8-19(18-25(24)29-2)14-16-26-17-15-23(20-6-4-3-5-7-20)21-9-11-22(27)12-10-21/h3-13,18,23,26-27H,14-17H2,1-2H3. The Hall–Kier alpha value is -2.98. The number of aromatic hydroxyl groups is 1. The SMILES string of the molecule is COc1ccc(CCNCCC(c2ccccc2)c2ccc(O)cc2)cc1OC. The Morgan fingerprint density at radius 3 is 2.17 bits per heavy atom. The number of benzene rings is 3. The first-order valence-electron chi connectivity index (χ1n) is 9.96. The van der Waals surface area contributed by atoms with E-state index in [1.54, 1.807) is 26.4 Å². The van der Waals surface area contributed by atoms with E-state index in [0.717, 1.165) is 37.4 Å². The summed E-state index contributed by atoms with van der Waals surface area (Å²) >= 11 is 0. The van der Waals surface area contributed by atoms with Gasteiger partial charge in [-0.05, 0) is 66.9 Å². The maximum Gasteiger partial charge on any atom is 0.160 e. The zero-order valence-corrected chi connectivity index (χ0v) is 17.1. The molecule has 0 aliphatic heterocycles. The minimum absolute atomic E-state index is 0.297. The van der Waals surface area contributed by atoms with Crippen molar-refractivity contribution in [2.45, 2.75) is 18.8 Å². The van der Waals surface area contributed by atoms with Crippen molar-refractivity contribution >= 4 is 0 Å². The molecule has 0 radical (unpaired) electrons. The van der Waals surface area contributed by atoms with Crippen molar-refractivity contribution in [2.75, 3.05) is 27.3 Å². The lowest BCUT2D eigenvalue weighted by Crippen LogP contribution is -2.20. The van der Waals surface area contributed by atoms with Crippen molar-refractivity contribution in [1.82, 2.24) is 5.32 Å². The molecule has 0 heterocycles. The van der Waals surface area contributed by atoms with E-state index >= 15 is 0 Å². The molecule has 0 saturated carbocycles. The number of hydrogen-bond acceptors (Lipinski definition) is 4. The first-order chi connectivity index (χ1) is 14.2. The quantitative estimate of drug-likeness (QED) is 0.489. The van der Waals surface area contributed by atoms with Gasteiger partial charge in [-0.3, -0.25) is 0 Å². The lowest BCUT2D eigenvalue weighted by Gasteiger charge is -2.19. The van der Waals surface area contributed by atoms with Crippen molar-refractivity contribution < 1.29 is 14.6 Å². The van der Waals surface area contributed by atoms with Gasteiger partial charge in [-0.1, -0.05) is 48.5 Å². The van der Waals surface area contributed by atoms with Gasteiger partial charge in [-0.2, -0.15) is 0 Å². The van der Waals surface area contributed by atoms with E-state index in [2.05, 4.69) is 35.6 Å². The van der Waals surface area contributed by atoms with Crippen molar-refractivity contribution in [2.24, 2.45) is 0 Å². The fourth-order valence-corrected chi connectivity index (χ4v) is 3.56. The number of ether oxygens (including phenoxy) is 2. The minimum atomic E-state index is 0.297. The van der Waals surface area contributed by atoms with Crippen LogP contribution in [0.15, 0.2) is 72.8 Å². The molecule has 3 aromatic carbocycles. The van der Waals surface area contributed by atoms with Crippen LogP contribution in [0.4, 0.5) is 0 Å². The van der Waals surface area contributed by atoms with Gasteiger partial charge in [0.15, 0.2) is 11.5 Å². The molecule has 0 aromatic heterocycles. The molecule has 0 aliphatic rings. The van der Waals surface area contributed by atoms with Crippen molar-refractivity contribution in [3.63, 3.8) is 0 Å². The molecule has 29 heavy (non-hydrogen) atoms. The Kier molecular flexibility index (Phi) is 7.54. The number of nitrogens with one attached hydrogen (secondary N) is 1. The normalized spacial score (nSPS) is 11.8. The average molecular weight is 392 g/mol. The maximum absolute atomic E-state index is 9.60. The predicted molar refractivity (Wildman–Crippen MR) is 117 cm³/mol. The van der Waals surface area contributed by atoms with Crippen LogP contribution in [0.1, 0.15) is 29.0 Å². The van der Waals surface area contributed by atoms with Crippen LogP contribution in [-0.2, 0) is 6.42 Å². The summed E-state index contributed by atoms with van der Waals surface area (Å²) in [5, 5.41) is 13.2. The molecule has 0 aliphatic carbocycles. The van der Waals surface area contributed by atoms with Crippen LogP contribution in [0.5, 0.6) is 17.2 Å². The molecule has 1 atom stereocenters. The number of hydrogen-bond donors (Lipinski definition) is 2. The summed E-state index contributed by atoms with van der Waals surface area (Å²) in [5.74, 6) is 2.12. The molecule has 0 spiro atoms. The molecule has 4 heteroatoms. The third kappa shape index (κ3) is 5.75. The predicted octanol–water partition coefficient (Wildman–Crippen LogP) is 4.76. The van der Waals surface area contributed by atoms with Crippen LogP contribution >= 0.6 is 0 Å². The molecule has 0 bridgehead atoms. The van der Waals surface area contributed by atoms with E-state index in [-0.39, 0.29) is 0 Å². The molecule has 0 saturated heterocycles. The van der Waals surface area contributed by atoms with E-state index in [0.29, 0.717) is 11.7 Å². The number of rotatable bonds is 10. The first kappa shape index (κ1) is 20.7. The number of methoxy groups -OCH3 is 2. The zero-order chi connectivity index (χ0) is 20.5. The van der Waals surface area contributed by atoms with E-state index in [1.165, 1.54) is 16.7 Å². The summed E-state index contributed by atoms with van der Waals surface area (Å²) in [6.07, 6.45) is 1.91. The third-order valence-electron chi connectivity index (χ3n) is 5.15. The second kappa shape index (κ2) is 10.5. The lowest BCUT2D eigenvalue weighted by molar-refractivity contribution is 0.354. The topological polar surface area (TPSA) is 50.7 Å². The fraction of sp³-hybridized carbons (Fsp3) is 0.280. The van der Waals surface area contributed by atoms with E-state index in [1.807, 2.05) is 30.3 Å². The van der Waals surface area contributed by atoms with Gasteiger partial charge in [0.2, 0.25) is 0 Å². The van der Waals surface area contributed by atoms with Crippen LogP contribution in [0.25, 0.3) is 0 Å². The highest BCUT2D eigenvalue weighted by molar-refractivity contribution is 5.43. The van der Waals surface area contributed by atoms with Crippen molar-refractivity contribution in [1.29, 1.82) is 0 Å². The van der Waals surface area contributed by atoms with Gasteiger partial charge in [0.25, 0.3) is 0 Å². The second-order valence-corrected chi connectivity index (χ2v) is 7.03. The van der Waals surface area contributed by atoms with Crippen molar-refractivity contribution in [3.05, 3.63) is 89.5 Å². The number of phenolic OH excluding ortho intramolecular Hbond substituents is 1. The molecule has 1 unspecified atom stereocenters. The summed E-state index contributed by atoms with van der Waals surface area (Å²) < 4.78 is 10.7. The summed E-state index contributed by atoms with van der Waals surface area (Å²) in [4.78, 5) is 0. The van der Waals surface area contributed by atoms with E-state index in [4.69, 9.17) is 9.47 Å². The molecule has 152 valence electrons. The van der Waals surface area contributed by atoms with Crippen LogP contribution in [-0.4, -0.2) is 32.4 Å². The lowest BCUT2D eigenvalue weighted by atomic mass is 9.88. The van der Waals surface area contributed by atoms with Gasteiger partial charge in [0, 0.05) is 5.92 Å². The minimum Gasteiger partial charge on any atom is -0.508 e. The van der Waals surface area contributed by atoms with E-state index in [9.17, 15) is 5.11 Å². The fourth-order valence-electron chi connectivity index (χ4n) is 3.56. The highest BCUT2D eigenvalue weighted by Gasteiger charge is 2.13.